The molecule has 0 aliphatic carbocycles. The highest BCUT2D eigenvalue weighted by Crippen LogP contribution is 2.25. The second kappa shape index (κ2) is 4.96. The molecule has 1 aromatic carbocycles. The van der Waals surface area contributed by atoms with Crippen molar-refractivity contribution in [3.05, 3.63) is 71.1 Å². The minimum absolute atomic E-state index is 0.287. The third-order valence-corrected chi connectivity index (χ3v) is 3.31. The van der Waals surface area contributed by atoms with Crippen molar-refractivity contribution in [1.82, 2.24) is 9.97 Å². The normalized spacial score (nSPS) is 12.5. The van der Waals surface area contributed by atoms with Crippen molar-refractivity contribution in [3.63, 3.8) is 0 Å². The molecule has 1 atom stereocenters. The van der Waals surface area contributed by atoms with E-state index in [9.17, 15) is 0 Å². The van der Waals surface area contributed by atoms with Crippen LogP contribution in [0.4, 0.5) is 0 Å². The average Bonchev–Trinajstić information content (AvgIpc) is 2.47. The van der Waals surface area contributed by atoms with E-state index in [1.807, 2.05) is 36.4 Å². The summed E-state index contributed by atoms with van der Waals surface area (Å²) in [5, 5.41) is 1.66. The quantitative estimate of drug-likeness (QED) is 0.776. The summed E-state index contributed by atoms with van der Waals surface area (Å²) in [6, 6.07) is 13.2. The smallest absolute Gasteiger partial charge is 0.0732 e. The predicted molar refractivity (Wildman–Crippen MR) is 77.0 cm³/mol. The van der Waals surface area contributed by atoms with E-state index >= 15 is 0 Å². The molecule has 0 aliphatic heterocycles. The fourth-order valence-corrected chi connectivity index (χ4v) is 2.24. The summed E-state index contributed by atoms with van der Waals surface area (Å²) in [5.74, 6) is 0. The van der Waals surface area contributed by atoms with Crippen LogP contribution in [0.2, 0.25) is 5.02 Å². The maximum atomic E-state index is 6.30. The van der Waals surface area contributed by atoms with Gasteiger partial charge in [0.15, 0.2) is 0 Å². The molecule has 0 spiro atoms. The predicted octanol–water partition coefficient (Wildman–Crippen LogP) is 3.33. The van der Waals surface area contributed by atoms with Crippen LogP contribution in [0.1, 0.15) is 17.3 Å². The molecule has 0 radical (unpaired) electrons. The van der Waals surface area contributed by atoms with E-state index in [-0.39, 0.29) is 6.04 Å². The maximum Gasteiger partial charge on any atom is 0.0732 e. The number of nitrogens with two attached hydrogens (primary N) is 1. The van der Waals surface area contributed by atoms with E-state index < -0.39 is 0 Å². The Morgan fingerprint density at radius 2 is 1.89 bits per heavy atom. The van der Waals surface area contributed by atoms with Gasteiger partial charge in [0.1, 0.15) is 0 Å². The summed E-state index contributed by atoms with van der Waals surface area (Å²) in [7, 11) is 0. The van der Waals surface area contributed by atoms with Crippen molar-refractivity contribution in [2.75, 3.05) is 0 Å². The molecule has 19 heavy (non-hydrogen) atoms. The Morgan fingerprint density at radius 1 is 1.00 bits per heavy atom. The lowest BCUT2D eigenvalue weighted by molar-refractivity contribution is 0.836. The van der Waals surface area contributed by atoms with Gasteiger partial charge in [0.05, 0.1) is 22.3 Å². The minimum atomic E-state index is -0.287. The standard InChI is InChI=1S/C15H12ClN3/c16-10-6-7-14(19-9-10)15(17)12-3-1-5-13-11(12)4-2-8-18-13/h1-9,15H,17H2. The third-order valence-electron chi connectivity index (χ3n) is 3.08. The molecule has 0 aliphatic rings. The highest BCUT2D eigenvalue weighted by molar-refractivity contribution is 6.30. The first-order valence-electron chi connectivity index (χ1n) is 5.96. The SMILES string of the molecule is NC(c1ccc(Cl)cn1)c1cccc2ncccc12. The highest BCUT2D eigenvalue weighted by Gasteiger charge is 2.13. The number of pyridine rings is 2. The first-order valence-corrected chi connectivity index (χ1v) is 6.34. The fourth-order valence-electron chi connectivity index (χ4n) is 2.13. The van der Waals surface area contributed by atoms with Crippen LogP contribution >= 0.6 is 11.6 Å². The van der Waals surface area contributed by atoms with E-state index in [0.717, 1.165) is 22.2 Å². The van der Waals surface area contributed by atoms with E-state index in [0.29, 0.717) is 5.02 Å². The molecule has 1 unspecified atom stereocenters. The number of nitrogens with zero attached hydrogens (tertiary/aromatic N) is 2. The highest BCUT2D eigenvalue weighted by atomic mass is 35.5. The molecule has 0 saturated carbocycles. The second-order valence-corrected chi connectivity index (χ2v) is 4.73. The number of fused-ring (bicyclic) bond motifs is 1. The number of rotatable bonds is 2. The zero-order valence-corrected chi connectivity index (χ0v) is 10.9. The Labute approximate surface area is 116 Å². The van der Waals surface area contributed by atoms with Crippen molar-refractivity contribution in [1.29, 1.82) is 0 Å². The van der Waals surface area contributed by atoms with E-state index in [1.165, 1.54) is 0 Å². The van der Waals surface area contributed by atoms with Gasteiger partial charge in [-0.1, -0.05) is 29.8 Å². The minimum Gasteiger partial charge on any atom is -0.319 e. The fraction of sp³-hybridized carbons (Fsp3) is 0.0667. The lowest BCUT2D eigenvalue weighted by Gasteiger charge is -2.14. The number of aromatic nitrogens is 2. The van der Waals surface area contributed by atoms with E-state index in [2.05, 4.69) is 9.97 Å². The number of benzene rings is 1. The lowest BCUT2D eigenvalue weighted by atomic mass is 9.99. The van der Waals surface area contributed by atoms with Gasteiger partial charge in [-0.05, 0) is 29.8 Å². The van der Waals surface area contributed by atoms with Crippen LogP contribution in [0.25, 0.3) is 10.9 Å². The Kier molecular flexibility index (Phi) is 3.15. The first-order chi connectivity index (χ1) is 9.25. The van der Waals surface area contributed by atoms with Gasteiger partial charge in [-0.2, -0.15) is 0 Å². The summed E-state index contributed by atoms with van der Waals surface area (Å²) in [6.07, 6.45) is 3.39. The Morgan fingerprint density at radius 3 is 2.68 bits per heavy atom. The van der Waals surface area contributed by atoms with Crippen LogP contribution in [0, 0.1) is 0 Å². The number of halogens is 1. The van der Waals surface area contributed by atoms with Crippen LogP contribution in [-0.2, 0) is 0 Å². The largest absolute Gasteiger partial charge is 0.319 e. The van der Waals surface area contributed by atoms with Gasteiger partial charge in [-0.25, -0.2) is 0 Å². The summed E-state index contributed by atoms with van der Waals surface area (Å²) in [5.41, 5.74) is 9.04. The average molecular weight is 270 g/mol. The van der Waals surface area contributed by atoms with Crippen LogP contribution < -0.4 is 5.73 Å². The Hall–Kier alpha value is -1.97. The van der Waals surface area contributed by atoms with Gasteiger partial charge in [-0.3, -0.25) is 9.97 Å². The van der Waals surface area contributed by atoms with Gasteiger partial charge >= 0.3 is 0 Å². The molecule has 3 nitrogen and oxygen atoms in total. The summed E-state index contributed by atoms with van der Waals surface area (Å²) in [4.78, 5) is 8.62. The summed E-state index contributed by atoms with van der Waals surface area (Å²) < 4.78 is 0. The summed E-state index contributed by atoms with van der Waals surface area (Å²) >= 11 is 5.84. The maximum absolute atomic E-state index is 6.30. The molecule has 0 amide bonds. The van der Waals surface area contributed by atoms with Crippen LogP contribution in [0.5, 0.6) is 0 Å². The molecule has 2 N–H and O–H groups in total. The molecule has 4 heteroatoms. The molecular formula is C15H12ClN3. The zero-order chi connectivity index (χ0) is 13.2. The van der Waals surface area contributed by atoms with Crippen molar-refractivity contribution < 1.29 is 0 Å². The van der Waals surface area contributed by atoms with E-state index in [1.54, 1.807) is 18.5 Å². The van der Waals surface area contributed by atoms with Gasteiger partial charge in [0, 0.05) is 17.8 Å². The number of hydrogen-bond donors (Lipinski definition) is 1. The Bertz CT molecular complexity index is 705. The molecule has 0 saturated heterocycles. The summed E-state index contributed by atoms with van der Waals surface area (Å²) in [6.45, 7) is 0. The first kappa shape index (κ1) is 12.1. The molecule has 3 rings (SSSR count). The van der Waals surface area contributed by atoms with Gasteiger partial charge in [0.25, 0.3) is 0 Å². The van der Waals surface area contributed by atoms with E-state index in [4.69, 9.17) is 17.3 Å². The van der Waals surface area contributed by atoms with Gasteiger partial charge < -0.3 is 5.73 Å². The van der Waals surface area contributed by atoms with Crippen molar-refractivity contribution in [3.8, 4) is 0 Å². The molecule has 0 bridgehead atoms. The molecule has 2 aromatic heterocycles. The van der Waals surface area contributed by atoms with Crippen LogP contribution in [0.3, 0.4) is 0 Å². The third kappa shape index (κ3) is 2.30. The lowest BCUT2D eigenvalue weighted by Crippen LogP contribution is -2.13. The Balaban J connectivity index is 2.11. The number of hydrogen-bond acceptors (Lipinski definition) is 3. The second-order valence-electron chi connectivity index (χ2n) is 4.30. The topological polar surface area (TPSA) is 51.8 Å². The monoisotopic (exact) mass is 269 g/mol. The molecule has 2 heterocycles. The molecule has 3 aromatic rings. The van der Waals surface area contributed by atoms with Crippen molar-refractivity contribution in [2.45, 2.75) is 6.04 Å². The van der Waals surface area contributed by atoms with Gasteiger partial charge in [-0.15, -0.1) is 0 Å². The molecule has 94 valence electrons. The van der Waals surface area contributed by atoms with Crippen LogP contribution in [-0.4, -0.2) is 9.97 Å². The molecule has 0 fully saturated rings. The molecular weight excluding hydrogens is 258 g/mol. The van der Waals surface area contributed by atoms with Crippen molar-refractivity contribution in [2.24, 2.45) is 5.73 Å². The van der Waals surface area contributed by atoms with Crippen molar-refractivity contribution >= 4 is 22.5 Å². The zero-order valence-electron chi connectivity index (χ0n) is 10.1. The van der Waals surface area contributed by atoms with Gasteiger partial charge in [0.2, 0.25) is 0 Å². The van der Waals surface area contributed by atoms with Crippen LogP contribution in [0.15, 0.2) is 54.9 Å².